The minimum atomic E-state index is -1.60. The molecule has 4 aromatic rings. The molecule has 0 aromatic heterocycles. The van der Waals surface area contributed by atoms with Crippen molar-refractivity contribution in [3.8, 4) is 23.0 Å². The molecule has 115 heavy (non-hydrogen) atoms. The number of rotatable bonds is 10. The average Bonchev–Trinajstić information content (AvgIpc) is 0.826. The van der Waals surface area contributed by atoms with Crippen molar-refractivity contribution < 1.29 is 119 Å². The molecule has 4 aliphatic rings. The summed E-state index contributed by atoms with van der Waals surface area (Å²) in [6.07, 6.45) is 16.7. The molecule has 0 spiro atoms. The molecule has 0 amide bonds. The number of carbonyl (C=O) groups excluding carboxylic acids is 8. The Kier molecular flexibility index (Phi) is 38.1. The lowest BCUT2D eigenvalue weighted by Gasteiger charge is -2.20. The van der Waals surface area contributed by atoms with E-state index in [1.807, 2.05) is 27.7 Å². The predicted octanol–water partition coefficient (Wildman–Crippen LogP) is 9.82. The summed E-state index contributed by atoms with van der Waals surface area (Å²) in [5, 5.41) is 132. The molecule has 0 bridgehead atoms. The van der Waals surface area contributed by atoms with Crippen LogP contribution in [0.3, 0.4) is 0 Å². The van der Waals surface area contributed by atoms with Crippen LogP contribution in [0.1, 0.15) is 172 Å². The zero-order chi connectivity index (χ0) is 85.7. The Morgan fingerprint density at radius 1 is 0.383 bits per heavy atom. The second-order valence-electron chi connectivity index (χ2n) is 29.0. The van der Waals surface area contributed by atoms with Crippen LogP contribution in [0.25, 0.3) is 24.3 Å². The molecular weight excluding hydrogens is 1480 g/mol. The lowest BCUT2D eigenvalue weighted by molar-refractivity contribution is -0.127. The summed E-state index contributed by atoms with van der Waals surface area (Å²) in [4.78, 5) is 99.7. The van der Waals surface area contributed by atoms with Crippen LogP contribution in [-0.2, 0) is 38.1 Å². The van der Waals surface area contributed by atoms with Gasteiger partial charge in [-0.2, -0.15) is 0 Å². The summed E-state index contributed by atoms with van der Waals surface area (Å²) in [5.74, 6) is -7.55. The lowest BCUT2D eigenvalue weighted by Crippen LogP contribution is -2.32. The zero-order valence-electron chi connectivity index (χ0n) is 67.3. The fraction of sp³-hybridized carbons (Fsp3) is 0.448. The Morgan fingerprint density at radius 2 is 0.661 bits per heavy atom. The van der Waals surface area contributed by atoms with Crippen molar-refractivity contribution in [3.63, 3.8) is 0 Å². The lowest BCUT2D eigenvalue weighted by atomic mass is 9.94. The molecule has 4 aliphatic heterocycles. The van der Waals surface area contributed by atoms with E-state index >= 15 is 0 Å². The number of aromatic hydroxyl groups is 4. The van der Waals surface area contributed by atoms with Crippen molar-refractivity contribution in [2.45, 2.75) is 170 Å². The topological polar surface area (TPSA) is 464 Å². The Bertz CT molecular complexity index is 4270. The quantitative estimate of drug-likeness (QED) is 0.0518. The molecule has 0 fully saturated rings. The maximum Gasteiger partial charge on any atom is 0.342 e. The third-order valence-corrected chi connectivity index (χ3v) is 20.1. The molecule has 4 aromatic carbocycles. The van der Waals surface area contributed by atoms with Crippen LogP contribution >= 0.6 is 0 Å². The number of hydrogen-bond donors (Lipinski definition) is 16. The van der Waals surface area contributed by atoms with Gasteiger partial charge in [0, 0.05) is 115 Å². The second-order valence-corrected chi connectivity index (χ2v) is 29.0. The molecule has 0 saturated heterocycles. The Balaban J connectivity index is 0.000000274. The summed E-state index contributed by atoms with van der Waals surface area (Å²) < 4.78 is 22.0. The summed E-state index contributed by atoms with van der Waals surface area (Å²) in [7, 11) is 1.71. The number of aliphatic hydroxyl groups is 8. The molecule has 17 atom stereocenters. The number of nitrogens with one attached hydrogen (secondary N) is 4. The first kappa shape index (κ1) is 95.0. The molecule has 0 radical (unpaired) electrons. The first-order chi connectivity index (χ1) is 54.4. The van der Waals surface area contributed by atoms with E-state index < -0.39 is 115 Å². The third-order valence-electron chi connectivity index (χ3n) is 20.1. The summed E-state index contributed by atoms with van der Waals surface area (Å²) in [5.41, 5.74) is 3.95. The number of cyclic esters (lactones) is 4. The number of hydrogen-bond acceptors (Lipinski definition) is 28. The highest BCUT2D eigenvalue weighted by atomic mass is 16.6. The molecule has 626 valence electrons. The molecule has 8 rings (SSSR count). The van der Waals surface area contributed by atoms with Gasteiger partial charge in [0.25, 0.3) is 0 Å². The number of fused-ring (bicyclic) bond motifs is 4. The number of anilines is 4. The normalized spacial score (nSPS) is 28.5. The van der Waals surface area contributed by atoms with Crippen molar-refractivity contribution in [3.05, 3.63) is 166 Å². The molecule has 28 heteroatoms. The van der Waals surface area contributed by atoms with Crippen molar-refractivity contribution in [2.24, 2.45) is 41.4 Å². The van der Waals surface area contributed by atoms with Crippen LogP contribution in [0.15, 0.2) is 121 Å². The molecular formula is C87H114N4O24. The fourth-order valence-corrected chi connectivity index (χ4v) is 11.5. The number of aliphatic hydroxyl groups excluding tert-OH is 8. The van der Waals surface area contributed by atoms with Gasteiger partial charge in [0.2, 0.25) is 0 Å². The van der Waals surface area contributed by atoms with Gasteiger partial charge in [0.15, 0.2) is 23.1 Å². The standard InChI is InChI=1S/C22H29NO8.C22H29NO6.C22H29NO5.C21H27NO5/c1-12-6-7-18(27)21(29)17(26)5-3-4-14-8-15(23-10-16(25)11-24)9-19(28)20(14)22(30)31-13(12)2;1-13-7-8-19(26)14(2)18(25)6-4-5-16-11-17(23-9-10-24)12-20(27)21(16)22(28)29-15(13)3;1-5-23-17-11-16-7-6-8-18(24)14(3)19(25)10-9-13(2)15(4)28-22(27)21(16)20(26)12-17;1-12-8-9-18(24)13(2)17(23)7-5-6-15-10-16(22-4)11-19(25)20(15)21(26)27-14(12)3/h3-4,6-9,12-13,16-17,21,23-26,28-29H,5,10-11H2,1-2H3;4-5,7-8,11-15,18,23-25,27H,6,9-10H2,1-3H3;6-7,9-15,18,23-24,26H,5,8H2,1-4H3;5-6,8-14,17,22-23,25H,7H2,1-4H3/b4-3+,7-6-;5-4+,8-7-;7-6+,10-9-;6-5+,9-8-/t12-,13+,16?,17+,21+;2*13-,14+,15+,18+;12-,13+,14+,17+/m1111/s1. The van der Waals surface area contributed by atoms with Crippen molar-refractivity contribution in [1.29, 1.82) is 0 Å². The average molecular weight is 1600 g/mol. The molecule has 4 heterocycles. The van der Waals surface area contributed by atoms with Crippen LogP contribution < -0.4 is 21.3 Å². The Hall–Kier alpha value is -10.6. The Labute approximate surface area is 671 Å². The number of ether oxygens (including phenoxy) is 4. The maximum absolute atomic E-state index is 12.8. The smallest absolute Gasteiger partial charge is 0.342 e. The number of ketones is 4. The van der Waals surface area contributed by atoms with Gasteiger partial charge in [0.05, 0.1) is 43.7 Å². The van der Waals surface area contributed by atoms with Gasteiger partial charge in [-0.05, 0) is 131 Å². The summed E-state index contributed by atoms with van der Waals surface area (Å²) in [6, 6.07) is 12.3. The summed E-state index contributed by atoms with van der Waals surface area (Å²) in [6.45, 7) is 21.4. The van der Waals surface area contributed by atoms with Crippen LogP contribution in [0.4, 0.5) is 22.7 Å². The van der Waals surface area contributed by atoms with Crippen molar-refractivity contribution >= 4 is 94.1 Å². The molecule has 0 saturated carbocycles. The minimum Gasteiger partial charge on any atom is -0.507 e. The SMILES string of the molecule is CCNc1cc(O)c2c(c1)/C=C/C[C@H](O)[C@H](C)C(=O)/C=C\[C@@H](C)[C@H](C)OC2=O.CNc1cc(O)c2c(c1)/C=C/C[C@H](O)[C@H](C)C(=O)/C=C\[C@@H](C)[C@H](C)OC2=O.C[C@@H]1/C=C\C(=O)[C@@H](C)[C@@H](O)C/C=C/c2cc(NCCO)cc(O)c2C(=O)O[C@H]1C.C[C@@H]1/C=C\C(=O)[C@@H](O)[C@@H](O)C/C=C/c2cc(NCC(O)CO)cc(O)c2C(=O)O[C@H]1C. The maximum atomic E-state index is 12.8. The van der Waals surface area contributed by atoms with Crippen LogP contribution in [0.5, 0.6) is 23.0 Å². The van der Waals surface area contributed by atoms with Crippen LogP contribution in [0.2, 0.25) is 0 Å². The zero-order valence-corrected chi connectivity index (χ0v) is 67.3. The third kappa shape index (κ3) is 28.4. The van der Waals surface area contributed by atoms with E-state index in [1.54, 1.807) is 135 Å². The fourth-order valence-electron chi connectivity index (χ4n) is 11.5. The van der Waals surface area contributed by atoms with Gasteiger partial charge < -0.3 is 101 Å². The number of esters is 4. The van der Waals surface area contributed by atoms with Gasteiger partial charge in [-0.25, -0.2) is 19.2 Å². The van der Waals surface area contributed by atoms with E-state index in [0.717, 1.165) is 6.08 Å². The van der Waals surface area contributed by atoms with Crippen molar-refractivity contribution in [2.75, 3.05) is 61.2 Å². The highest BCUT2D eigenvalue weighted by molar-refractivity contribution is 6.01. The molecule has 16 N–H and O–H groups in total. The number of phenolic OH excluding ortho intramolecular Hbond substituents is 4. The number of allylic oxidation sites excluding steroid dienone is 3. The van der Waals surface area contributed by atoms with E-state index in [9.17, 15) is 89.4 Å². The van der Waals surface area contributed by atoms with Crippen molar-refractivity contribution in [1.82, 2.24) is 0 Å². The van der Waals surface area contributed by atoms with Gasteiger partial charge in [-0.1, -0.05) is 121 Å². The van der Waals surface area contributed by atoms with Crippen LogP contribution in [-0.4, -0.2) is 209 Å². The van der Waals surface area contributed by atoms with E-state index in [0.29, 0.717) is 46.0 Å². The molecule has 1 unspecified atom stereocenters. The number of phenols is 4. The molecule has 28 nitrogen and oxygen atoms in total. The van der Waals surface area contributed by atoms with E-state index in [1.165, 1.54) is 66.8 Å². The minimum absolute atomic E-state index is 0.0107. The largest absolute Gasteiger partial charge is 0.507 e. The van der Waals surface area contributed by atoms with Crippen LogP contribution in [0, 0.1) is 41.4 Å². The predicted molar refractivity (Wildman–Crippen MR) is 438 cm³/mol. The number of benzene rings is 4. The van der Waals surface area contributed by atoms with E-state index in [4.69, 9.17) is 29.2 Å². The van der Waals surface area contributed by atoms with Gasteiger partial charge >= 0.3 is 23.9 Å². The second kappa shape index (κ2) is 46.1. The van der Waals surface area contributed by atoms with Gasteiger partial charge in [-0.3, -0.25) is 19.2 Å². The summed E-state index contributed by atoms with van der Waals surface area (Å²) >= 11 is 0. The van der Waals surface area contributed by atoms with Gasteiger partial charge in [0.1, 0.15) is 75.8 Å². The van der Waals surface area contributed by atoms with E-state index in [2.05, 4.69) is 21.3 Å². The first-order valence-corrected chi connectivity index (χ1v) is 38.4. The Morgan fingerprint density at radius 3 is 0.957 bits per heavy atom. The molecule has 0 aliphatic carbocycles. The highest BCUT2D eigenvalue weighted by Gasteiger charge is 2.31. The monoisotopic (exact) mass is 1600 g/mol. The van der Waals surface area contributed by atoms with Gasteiger partial charge in [-0.15, -0.1) is 0 Å². The number of carbonyl (C=O) groups is 8. The highest BCUT2D eigenvalue weighted by Crippen LogP contribution is 2.35. The van der Waals surface area contributed by atoms with E-state index in [-0.39, 0.29) is 137 Å². The first-order valence-electron chi connectivity index (χ1n) is 38.4.